The van der Waals surface area contributed by atoms with Crippen molar-refractivity contribution in [3.63, 3.8) is 0 Å². The summed E-state index contributed by atoms with van der Waals surface area (Å²) >= 11 is 10.0. The van der Waals surface area contributed by atoms with E-state index >= 15 is 0 Å². The molecule has 1 aromatic carbocycles. The molecule has 0 aliphatic carbocycles. The highest BCUT2D eigenvalue weighted by atomic mass is 79.9. The highest BCUT2D eigenvalue weighted by Gasteiger charge is 2.31. The van der Waals surface area contributed by atoms with E-state index in [0.29, 0.717) is 29.0 Å². The van der Waals surface area contributed by atoms with Crippen LogP contribution in [-0.4, -0.2) is 42.0 Å². The fourth-order valence-electron chi connectivity index (χ4n) is 1.94. The number of nitrogens with zero attached hydrogens (tertiary/aromatic N) is 1. The fourth-order valence-corrected chi connectivity index (χ4v) is 3.61. The van der Waals surface area contributed by atoms with E-state index in [1.54, 1.807) is 12.0 Å². The van der Waals surface area contributed by atoms with Gasteiger partial charge in [0, 0.05) is 17.1 Å². The highest BCUT2D eigenvalue weighted by molar-refractivity contribution is 9.10. The topological polar surface area (TPSA) is 38.8 Å². The standard InChI is InChI=1S/C15H16BrNO3S2/c1-3-20-12-5-4-11(16)8-10(12)9-13-14(18)17(6-7-19-2)15(21)22-13/h4-5,8-9H,3,6-7H2,1-2H3. The number of methoxy groups -OCH3 is 1. The minimum Gasteiger partial charge on any atom is -0.493 e. The van der Waals surface area contributed by atoms with Crippen molar-refractivity contribution >= 4 is 56.2 Å². The van der Waals surface area contributed by atoms with E-state index in [2.05, 4.69) is 15.9 Å². The Morgan fingerprint density at radius 3 is 2.91 bits per heavy atom. The number of thioether (sulfide) groups is 1. The molecule has 1 aliphatic heterocycles. The Morgan fingerprint density at radius 1 is 1.45 bits per heavy atom. The summed E-state index contributed by atoms with van der Waals surface area (Å²) in [6.07, 6.45) is 1.82. The molecule has 22 heavy (non-hydrogen) atoms. The van der Waals surface area contributed by atoms with Crippen LogP contribution in [-0.2, 0) is 9.53 Å². The zero-order valence-corrected chi connectivity index (χ0v) is 15.5. The number of halogens is 1. The number of ether oxygens (including phenoxy) is 2. The third-order valence-corrected chi connectivity index (χ3v) is 4.82. The van der Waals surface area contributed by atoms with Gasteiger partial charge in [-0.25, -0.2) is 0 Å². The molecule has 4 nitrogen and oxygen atoms in total. The monoisotopic (exact) mass is 401 g/mol. The smallest absolute Gasteiger partial charge is 0.266 e. The van der Waals surface area contributed by atoms with Crippen molar-refractivity contribution in [2.75, 3.05) is 26.9 Å². The Balaban J connectivity index is 2.28. The quantitative estimate of drug-likeness (QED) is 0.536. The minimum atomic E-state index is -0.0885. The Hall–Kier alpha value is -0.890. The molecule has 118 valence electrons. The lowest BCUT2D eigenvalue weighted by atomic mass is 10.2. The molecule has 0 atom stereocenters. The molecule has 0 unspecified atom stereocenters. The zero-order chi connectivity index (χ0) is 16.1. The number of carbonyl (C=O) groups is 1. The predicted octanol–water partition coefficient (Wildman–Crippen LogP) is 3.70. The predicted molar refractivity (Wildman–Crippen MR) is 97.1 cm³/mol. The van der Waals surface area contributed by atoms with Crippen molar-refractivity contribution in [1.82, 2.24) is 4.90 Å². The maximum absolute atomic E-state index is 12.4. The first-order chi connectivity index (χ1) is 10.6. The van der Waals surface area contributed by atoms with Crippen LogP contribution in [0.5, 0.6) is 5.75 Å². The van der Waals surface area contributed by atoms with Gasteiger partial charge in [0.25, 0.3) is 5.91 Å². The molecule has 1 amide bonds. The van der Waals surface area contributed by atoms with Crippen molar-refractivity contribution < 1.29 is 14.3 Å². The number of hydrogen-bond donors (Lipinski definition) is 0. The van der Waals surface area contributed by atoms with E-state index in [-0.39, 0.29) is 5.91 Å². The summed E-state index contributed by atoms with van der Waals surface area (Å²) in [6.45, 7) is 3.42. The molecule has 0 N–H and O–H groups in total. The van der Waals surface area contributed by atoms with Gasteiger partial charge >= 0.3 is 0 Å². The van der Waals surface area contributed by atoms with Crippen molar-refractivity contribution in [3.8, 4) is 5.75 Å². The summed E-state index contributed by atoms with van der Waals surface area (Å²) in [5.74, 6) is 0.655. The third kappa shape index (κ3) is 4.10. The molecule has 1 fully saturated rings. The summed E-state index contributed by atoms with van der Waals surface area (Å²) in [5.41, 5.74) is 0.850. The second kappa shape index (κ2) is 8.10. The van der Waals surface area contributed by atoms with Gasteiger partial charge in [-0.3, -0.25) is 9.69 Å². The molecule has 1 saturated heterocycles. The van der Waals surface area contributed by atoms with E-state index in [4.69, 9.17) is 21.7 Å². The van der Waals surface area contributed by atoms with Gasteiger partial charge in [-0.15, -0.1) is 0 Å². The van der Waals surface area contributed by atoms with Gasteiger partial charge in [-0.1, -0.05) is 39.9 Å². The van der Waals surface area contributed by atoms with Crippen molar-refractivity contribution in [3.05, 3.63) is 33.1 Å². The second-order valence-corrected chi connectivity index (χ2v) is 7.03. The summed E-state index contributed by atoms with van der Waals surface area (Å²) in [5, 5.41) is 0. The first-order valence-electron chi connectivity index (χ1n) is 6.73. The molecule has 0 spiro atoms. The Labute approximate surface area is 148 Å². The van der Waals surface area contributed by atoms with Crippen LogP contribution in [0.4, 0.5) is 0 Å². The molecule has 7 heteroatoms. The maximum atomic E-state index is 12.4. The molecule has 1 heterocycles. The molecule has 1 aliphatic rings. The van der Waals surface area contributed by atoms with Gasteiger partial charge in [0.2, 0.25) is 0 Å². The molecule has 0 saturated carbocycles. The summed E-state index contributed by atoms with van der Waals surface area (Å²) in [6, 6.07) is 5.71. The number of amides is 1. The number of benzene rings is 1. The summed E-state index contributed by atoms with van der Waals surface area (Å²) in [7, 11) is 1.60. The first kappa shape index (κ1) is 17.5. The molecular formula is C15H16BrNO3S2. The molecule has 1 aromatic rings. The normalized spacial score (nSPS) is 16.7. The van der Waals surface area contributed by atoms with E-state index in [1.165, 1.54) is 11.8 Å². The zero-order valence-electron chi connectivity index (χ0n) is 12.3. The molecule has 0 aromatic heterocycles. The average molecular weight is 402 g/mol. The molecule has 0 radical (unpaired) electrons. The van der Waals surface area contributed by atoms with Crippen LogP contribution < -0.4 is 4.74 Å². The summed E-state index contributed by atoms with van der Waals surface area (Å²) in [4.78, 5) is 14.6. The van der Waals surface area contributed by atoms with E-state index in [0.717, 1.165) is 15.8 Å². The number of hydrogen-bond acceptors (Lipinski definition) is 5. The summed E-state index contributed by atoms with van der Waals surface area (Å²) < 4.78 is 12.1. The Morgan fingerprint density at radius 2 is 2.23 bits per heavy atom. The van der Waals surface area contributed by atoms with Gasteiger partial charge in [-0.2, -0.15) is 0 Å². The van der Waals surface area contributed by atoms with Crippen LogP contribution in [0.25, 0.3) is 6.08 Å². The molecule has 2 rings (SSSR count). The van der Waals surface area contributed by atoms with Crippen LogP contribution >= 0.6 is 39.9 Å². The van der Waals surface area contributed by atoms with Gasteiger partial charge in [-0.05, 0) is 31.2 Å². The Bertz CT molecular complexity index is 619. The SMILES string of the molecule is CCOc1ccc(Br)cc1C=C1SC(=S)N(CCOC)C1=O. The maximum Gasteiger partial charge on any atom is 0.266 e. The van der Waals surface area contributed by atoms with Crippen LogP contribution in [0.3, 0.4) is 0 Å². The number of carbonyl (C=O) groups excluding carboxylic acids is 1. The Kier molecular flexibility index (Phi) is 6.43. The van der Waals surface area contributed by atoms with Crippen LogP contribution in [0, 0.1) is 0 Å². The van der Waals surface area contributed by atoms with E-state index in [9.17, 15) is 4.79 Å². The minimum absolute atomic E-state index is 0.0885. The van der Waals surface area contributed by atoms with Crippen LogP contribution in [0.2, 0.25) is 0 Å². The highest BCUT2D eigenvalue weighted by Crippen LogP contribution is 2.34. The molecular weight excluding hydrogens is 386 g/mol. The second-order valence-electron chi connectivity index (χ2n) is 4.44. The fraction of sp³-hybridized carbons (Fsp3) is 0.333. The van der Waals surface area contributed by atoms with Crippen molar-refractivity contribution in [2.45, 2.75) is 6.92 Å². The lowest BCUT2D eigenvalue weighted by Gasteiger charge is -2.13. The molecule has 0 bridgehead atoms. The lowest BCUT2D eigenvalue weighted by Crippen LogP contribution is -2.31. The van der Waals surface area contributed by atoms with E-state index in [1.807, 2.05) is 31.2 Å². The average Bonchev–Trinajstić information content (AvgIpc) is 2.74. The first-order valence-corrected chi connectivity index (χ1v) is 8.75. The van der Waals surface area contributed by atoms with Crippen LogP contribution in [0.15, 0.2) is 27.6 Å². The van der Waals surface area contributed by atoms with Crippen molar-refractivity contribution in [2.24, 2.45) is 0 Å². The van der Waals surface area contributed by atoms with Crippen LogP contribution in [0.1, 0.15) is 12.5 Å². The van der Waals surface area contributed by atoms with Gasteiger partial charge < -0.3 is 9.47 Å². The number of thiocarbonyl (C=S) groups is 1. The van der Waals surface area contributed by atoms with Gasteiger partial charge in [0.15, 0.2) is 0 Å². The third-order valence-electron chi connectivity index (χ3n) is 2.95. The van der Waals surface area contributed by atoms with Gasteiger partial charge in [0.1, 0.15) is 10.1 Å². The number of rotatable bonds is 6. The van der Waals surface area contributed by atoms with Gasteiger partial charge in [0.05, 0.1) is 24.7 Å². The van der Waals surface area contributed by atoms with Crippen molar-refractivity contribution in [1.29, 1.82) is 0 Å². The van der Waals surface area contributed by atoms with E-state index < -0.39 is 0 Å². The lowest BCUT2D eigenvalue weighted by molar-refractivity contribution is -0.122. The largest absolute Gasteiger partial charge is 0.493 e.